The highest BCUT2D eigenvalue weighted by molar-refractivity contribution is 6.37. The molecule has 3 N–H and O–H groups in total. The number of carbonyl (C=O) groups is 2. The number of carbonyl (C=O) groups excluding carboxylic acids is 2. The van der Waals surface area contributed by atoms with Crippen LogP contribution in [0.5, 0.6) is 0 Å². The molecule has 3 heterocycles. The topological polar surface area (TPSA) is 109 Å². The van der Waals surface area contributed by atoms with Crippen LogP contribution in [0.3, 0.4) is 0 Å². The van der Waals surface area contributed by atoms with Crippen LogP contribution in [0.2, 0.25) is 10.0 Å². The van der Waals surface area contributed by atoms with E-state index in [1.165, 1.54) is 23.7 Å². The average molecular weight is 500 g/mol. The molecule has 9 nitrogen and oxygen atoms in total. The normalized spacial score (nSPS) is 16.5. The van der Waals surface area contributed by atoms with E-state index in [1.807, 2.05) is 4.90 Å². The lowest BCUT2D eigenvalue weighted by Crippen LogP contribution is -2.49. The van der Waals surface area contributed by atoms with Crippen LogP contribution in [0.1, 0.15) is 33.7 Å². The van der Waals surface area contributed by atoms with Crippen LogP contribution >= 0.6 is 23.2 Å². The number of nitrogens with one attached hydrogen (secondary N) is 1. The van der Waals surface area contributed by atoms with E-state index in [0.717, 1.165) is 26.2 Å². The first-order valence-electron chi connectivity index (χ1n) is 11.0. The Balaban J connectivity index is 1.31. The van der Waals surface area contributed by atoms with Gasteiger partial charge >= 0.3 is 0 Å². The second-order valence-electron chi connectivity index (χ2n) is 8.39. The van der Waals surface area contributed by atoms with E-state index in [4.69, 9.17) is 28.9 Å². The van der Waals surface area contributed by atoms with Gasteiger partial charge < -0.3 is 16.0 Å². The second kappa shape index (κ2) is 9.25. The Labute approximate surface area is 206 Å². The summed E-state index contributed by atoms with van der Waals surface area (Å²) in [6.45, 7) is 3.28. The predicted molar refractivity (Wildman–Crippen MR) is 130 cm³/mol. The van der Waals surface area contributed by atoms with E-state index >= 15 is 0 Å². The van der Waals surface area contributed by atoms with Crippen LogP contribution in [0.4, 0.5) is 11.5 Å². The van der Waals surface area contributed by atoms with E-state index in [0.29, 0.717) is 38.8 Å². The van der Waals surface area contributed by atoms with Crippen LogP contribution in [-0.2, 0) is 0 Å². The van der Waals surface area contributed by atoms with Gasteiger partial charge in [-0.05, 0) is 37.1 Å². The highest BCUT2D eigenvalue weighted by Gasteiger charge is 2.32. The Morgan fingerprint density at radius 1 is 1.03 bits per heavy atom. The summed E-state index contributed by atoms with van der Waals surface area (Å²) in [5.41, 5.74) is 6.81. The maximum absolute atomic E-state index is 12.9. The molecule has 0 unspecified atom stereocenters. The first kappa shape index (κ1) is 22.6. The molecular weight excluding hydrogens is 477 g/mol. The van der Waals surface area contributed by atoms with Crippen molar-refractivity contribution in [2.75, 3.05) is 31.5 Å². The molecule has 2 amide bonds. The van der Waals surface area contributed by atoms with Crippen molar-refractivity contribution in [1.29, 1.82) is 0 Å². The molecule has 2 aromatic heterocycles. The number of nitrogens with two attached hydrogens (primary N) is 1. The molecule has 0 atom stereocenters. The van der Waals surface area contributed by atoms with E-state index in [2.05, 4.69) is 20.3 Å². The summed E-state index contributed by atoms with van der Waals surface area (Å²) < 4.78 is 1.40. The third-order valence-electron chi connectivity index (χ3n) is 6.05. The van der Waals surface area contributed by atoms with Gasteiger partial charge in [-0.3, -0.25) is 14.5 Å². The van der Waals surface area contributed by atoms with Crippen molar-refractivity contribution in [3.05, 3.63) is 64.0 Å². The molecule has 0 radical (unpaired) electrons. The molecule has 1 aliphatic heterocycles. The summed E-state index contributed by atoms with van der Waals surface area (Å²) in [5.74, 6) is -0.322. The molecule has 1 saturated carbocycles. The van der Waals surface area contributed by atoms with Gasteiger partial charge in [0, 0.05) is 38.4 Å². The van der Waals surface area contributed by atoms with E-state index in [9.17, 15) is 9.59 Å². The van der Waals surface area contributed by atoms with Gasteiger partial charge in [-0.25, -0.2) is 9.67 Å². The predicted octanol–water partition coefficient (Wildman–Crippen LogP) is 3.34. The highest BCUT2D eigenvalue weighted by Crippen LogP contribution is 2.30. The Bertz CT molecular complexity index is 1210. The first-order chi connectivity index (χ1) is 16.4. The summed E-state index contributed by atoms with van der Waals surface area (Å²) >= 11 is 12.5. The Morgan fingerprint density at radius 2 is 1.74 bits per heavy atom. The van der Waals surface area contributed by atoms with Gasteiger partial charge in [0.2, 0.25) is 0 Å². The number of para-hydroxylation sites is 1. The zero-order valence-electron chi connectivity index (χ0n) is 18.2. The number of pyridine rings is 1. The zero-order valence-corrected chi connectivity index (χ0v) is 19.8. The van der Waals surface area contributed by atoms with Crippen LogP contribution in [0.15, 0.2) is 42.7 Å². The van der Waals surface area contributed by atoms with Crippen molar-refractivity contribution < 1.29 is 9.59 Å². The number of anilines is 2. The summed E-state index contributed by atoms with van der Waals surface area (Å²) in [7, 11) is 0. The number of nitrogens with zero attached hydrogens (tertiary/aromatic N) is 5. The lowest BCUT2D eigenvalue weighted by molar-refractivity contribution is 0.0627. The third kappa shape index (κ3) is 4.59. The molecule has 5 rings (SSSR count). The minimum Gasteiger partial charge on any atom is -0.364 e. The Kier molecular flexibility index (Phi) is 6.16. The maximum Gasteiger partial charge on any atom is 0.271 e. The maximum atomic E-state index is 12.9. The number of aromatic nitrogens is 3. The number of halogens is 2. The fourth-order valence-corrected chi connectivity index (χ4v) is 4.69. The smallest absolute Gasteiger partial charge is 0.271 e. The summed E-state index contributed by atoms with van der Waals surface area (Å²) in [5, 5.41) is 8.03. The molecule has 11 heteroatoms. The van der Waals surface area contributed by atoms with Gasteiger partial charge in [0.15, 0.2) is 5.69 Å². The van der Waals surface area contributed by atoms with Crippen molar-refractivity contribution in [2.45, 2.75) is 18.9 Å². The van der Waals surface area contributed by atoms with Crippen LogP contribution in [-0.4, -0.2) is 68.6 Å². The van der Waals surface area contributed by atoms with Gasteiger partial charge in [-0.15, -0.1) is 0 Å². The minimum absolute atomic E-state index is 0.00599. The number of amides is 2. The summed E-state index contributed by atoms with van der Waals surface area (Å²) in [6.07, 6.45) is 5.63. The summed E-state index contributed by atoms with van der Waals surface area (Å²) in [6, 6.07) is 9.16. The molecule has 34 heavy (non-hydrogen) atoms. The number of hydrogen-bond donors (Lipinski definition) is 2. The molecule has 0 spiro atoms. The highest BCUT2D eigenvalue weighted by atomic mass is 35.5. The van der Waals surface area contributed by atoms with Crippen molar-refractivity contribution in [3.8, 4) is 5.69 Å². The molecule has 3 aromatic rings. The quantitative estimate of drug-likeness (QED) is 0.538. The van der Waals surface area contributed by atoms with E-state index in [1.54, 1.807) is 36.5 Å². The fraction of sp³-hybridized carbons (Fsp3) is 0.304. The molecule has 2 aliphatic rings. The molecule has 1 aliphatic carbocycles. The number of benzene rings is 1. The van der Waals surface area contributed by atoms with Crippen molar-refractivity contribution in [1.82, 2.24) is 24.6 Å². The number of rotatable bonds is 6. The van der Waals surface area contributed by atoms with E-state index in [-0.39, 0.29) is 11.6 Å². The van der Waals surface area contributed by atoms with E-state index < -0.39 is 5.91 Å². The Morgan fingerprint density at radius 3 is 2.32 bits per heavy atom. The minimum atomic E-state index is -0.721. The van der Waals surface area contributed by atoms with Crippen LogP contribution in [0, 0.1) is 0 Å². The summed E-state index contributed by atoms with van der Waals surface area (Å²) in [4.78, 5) is 33.5. The monoisotopic (exact) mass is 499 g/mol. The molecule has 0 bridgehead atoms. The van der Waals surface area contributed by atoms with Gasteiger partial charge in [0.25, 0.3) is 11.8 Å². The largest absolute Gasteiger partial charge is 0.364 e. The van der Waals surface area contributed by atoms with Gasteiger partial charge in [-0.2, -0.15) is 5.10 Å². The van der Waals surface area contributed by atoms with Crippen molar-refractivity contribution in [2.24, 2.45) is 5.73 Å². The fourth-order valence-electron chi connectivity index (χ4n) is 4.11. The molecule has 1 aromatic carbocycles. The lowest BCUT2D eigenvalue weighted by atomic mass is 10.2. The number of piperazine rings is 1. The zero-order chi connectivity index (χ0) is 23.8. The SMILES string of the molecule is NC(=O)c1nn(-c2c(Cl)cccc2Cl)cc1Nc1ccc(C(=O)N2CCN(C3CC3)CC2)cn1. The Hall–Kier alpha value is -3.14. The van der Waals surface area contributed by atoms with Crippen molar-refractivity contribution in [3.63, 3.8) is 0 Å². The standard InChI is InChI=1S/C23H23Cl2N7O2/c24-16-2-1-3-17(25)21(16)32-13-18(20(29-32)22(26)33)28-19-7-4-14(12-27-19)23(34)31-10-8-30(9-11-31)15-5-6-15/h1-4,7,12-13,15H,5-6,8-11H2,(H2,26,33)(H,27,28). The van der Waals surface area contributed by atoms with Gasteiger partial charge in [0.1, 0.15) is 11.5 Å². The second-order valence-corrected chi connectivity index (χ2v) is 9.20. The molecular formula is C23H23Cl2N7O2. The van der Waals surface area contributed by atoms with Gasteiger partial charge in [-0.1, -0.05) is 29.3 Å². The van der Waals surface area contributed by atoms with Gasteiger partial charge in [0.05, 0.1) is 27.5 Å². The third-order valence-corrected chi connectivity index (χ3v) is 6.66. The molecule has 2 fully saturated rings. The molecule has 176 valence electrons. The van der Waals surface area contributed by atoms with Crippen molar-refractivity contribution >= 4 is 46.5 Å². The van der Waals surface area contributed by atoms with Crippen LogP contribution in [0.25, 0.3) is 5.69 Å². The lowest BCUT2D eigenvalue weighted by Gasteiger charge is -2.34. The number of hydrogen-bond acceptors (Lipinski definition) is 6. The first-order valence-corrected chi connectivity index (χ1v) is 11.8. The van der Waals surface area contributed by atoms with Crippen LogP contribution < -0.4 is 11.1 Å². The molecule has 1 saturated heterocycles. The average Bonchev–Trinajstić information content (AvgIpc) is 3.60. The number of primary amides is 1.